The van der Waals surface area contributed by atoms with Crippen molar-refractivity contribution in [2.45, 2.75) is 6.92 Å². The number of amides is 1. The standard InChI is InChI=1S/C20H17ClN2O3/c1-10-6-17-13(9-18(10)26-3)14(19(21)22-17)8-15-12-7-11(25-2)4-5-16(12)23-20(15)24/h4-9,22H,1-3H3,(H,23,24)/b15-8+. The van der Waals surface area contributed by atoms with Gasteiger partial charge >= 0.3 is 0 Å². The zero-order valence-electron chi connectivity index (χ0n) is 14.6. The highest BCUT2D eigenvalue weighted by molar-refractivity contribution is 6.38. The van der Waals surface area contributed by atoms with Crippen molar-refractivity contribution in [3.8, 4) is 11.5 Å². The summed E-state index contributed by atoms with van der Waals surface area (Å²) >= 11 is 6.43. The summed E-state index contributed by atoms with van der Waals surface area (Å²) in [6, 6.07) is 9.39. The minimum Gasteiger partial charge on any atom is -0.497 e. The van der Waals surface area contributed by atoms with E-state index in [1.54, 1.807) is 20.3 Å². The van der Waals surface area contributed by atoms with E-state index in [4.69, 9.17) is 21.1 Å². The number of benzene rings is 2. The molecule has 1 amide bonds. The molecule has 0 unspecified atom stereocenters. The van der Waals surface area contributed by atoms with Crippen molar-refractivity contribution in [3.05, 3.63) is 52.2 Å². The topological polar surface area (TPSA) is 63.4 Å². The first kappa shape index (κ1) is 16.5. The van der Waals surface area contributed by atoms with E-state index in [-0.39, 0.29) is 5.91 Å². The highest BCUT2D eigenvalue weighted by Gasteiger charge is 2.25. The van der Waals surface area contributed by atoms with Gasteiger partial charge in [0.05, 0.1) is 14.2 Å². The average molecular weight is 369 g/mol. The molecule has 0 bridgehead atoms. The number of methoxy groups -OCH3 is 2. The first-order valence-electron chi connectivity index (χ1n) is 8.09. The molecule has 5 nitrogen and oxygen atoms in total. The normalized spacial score (nSPS) is 14.6. The summed E-state index contributed by atoms with van der Waals surface area (Å²) < 4.78 is 10.7. The number of aryl methyl sites for hydroxylation is 1. The second-order valence-electron chi connectivity index (χ2n) is 6.14. The fourth-order valence-corrected chi connectivity index (χ4v) is 3.52. The summed E-state index contributed by atoms with van der Waals surface area (Å²) in [5.74, 6) is 1.29. The zero-order chi connectivity index (χ0) is 18.4. The number of aromatic amines is 1. The molecule has 2 N–H and O–H groups in total. The third-order valence-electron chi connectivity index (χ3n) is 4.60. The molecule has 0 spiro atoms. The number of nitrogens with one attached hydrogen (secondary N) is 2. The smallest absolute Gasteiger partial charge is 0.256 e. The molecule has 1 aromatic heterocycles. The quantitative estimate of drug-likeness (QED) is 0.662. The summed E-state index contributed by atoms with van der Waals surface area (Å²) in [4.78, 5) is 15.6. The molecule has 0 aliphatic carbocycles. The van der Waals surface area contributed by atoms with E-state index in [1.165, 1.54) is 0 Å². The Labute approximate surface area is 155 Å². The summed E-state index contributed by atoms with van der Waals surface area (Å²) in [7, 11) is 3.23. The predicted molar refractivity (Wildman–Crippen MR) is 104 cm³/mol. The van der Waals surface area contributed by atoms with Gasteiger partial charge in [0.2, 0.25) is 0 Å². The van der Waals surface area contributed by atoms with Crippen LogP contribution in [0, 0.1) is 6.92 Å². The number of rotatable bonds is 3. The molecule has 2 aromatic carbocycles. The minimum atomic E-state index is -0.169. The van der Waals surface area contributed by atoms with Crippen LogP contribution in [0.25, 0.3) is 22.6 Å². The highest BCUT2D eigenvalue weighted by Crippen LogP contribution is 2.39. The van der Waals surface area contributed by atoms with Crippen molar-refractivity contribution in [2.75, 3.05) is 19.5 Å². The average Bonchev–Trinajstić information content (AvgIpc) is 3.10. The summed E-state index contributed by atoms with van der Waals surface area (Å²) in [6.45, 7) is 1.97. The van der Waals surface area contributed by atoms with Crippen LogP contribution in [0.3, 0.4) is 0 Å². The maximum Gasteiger partial charge on any atom is 0.256 e. The van der Waals surface area contributed by atoms with Crippen LogP contribution in [0.4, 0.5) is 5.69 Å². The highest BCUT2D eigenvalue weighted by atomic mass is 35.5. The van der Waals surface area contributed by atoms with Crippen LogP contribution in [-0.2, 0) is 4.79 Å². The molecule has 6 heteroatoms. The first-order valence-corrected chi connectivity index (χ1v) is 8.47. The van der Waals surface area contributed by atoms with Crippen LogP contribution < -0.4 is 14.8 Å². The van der Waals surface area contributed by atoms with Gasteiger partial charge in [0.1, 0.15) is 16.7 Å². The zero-order valence-corrected chi connectivity index (χ0v) is 15.3. The van der Waals surface area contributed by atoms with E-state index < -0.39 is 0 Å². The number of fused-ring (bicyclic) bond motifs is 2. The largest absolute Gasteiger partial charge is 0.497 e. The molecule has 1 aliphatic heterocycles. The third-order valence-corrected chi connectivity index (χ3v) is 4.90. The van der Waals surface area contributed by atoms with Gasteiger partial charge in [-0.1, -0.05) is 11.6 Å². The maximum atomic E-state index is 12.5. The van der Waals surface area contributed by atoms with Gasteiger partial charge < -0.3 is 19.8 Å². The van der Waals surface area contributed by atoms with E-state index in [0.29, 0.717) is 16.5 Å². The van der Waals surface area contributed by atoms with Crippen LogP contribution in [0.15, 0.2) is 30.3 Å². The number of aromatic nitrogens is 1. The van der Waals surface area contributed by atoms with Crippen molar-refractivity contribution in [2.24, 2.45) is 0 Å². The molecule has 26 heavy (non-hydrogen) atoms. The van der Waals surface area contributed by atoms with Crippen LogP contribution >= 0.6 is 11.6 Å². The second-order valence-corrected chi connectivity index (χ2v) is 6.52. The maximum absolute atomic E-state index is 12.5. The van der Waals surface area contributed by atoms with Crippen LogP contribution in [0.1, 0.15) is 16.7 Å². The molecule has 1 aliphatic rings. The second kappa shape index (κ2) is 6.11. The van der Waals surface area contributed by atoms with Crippen molar-refractivity contribution in [1.82, 2.24) is 4.98 Å². The first-order chi connectivity index (χ1) is 12.5. The van der Waals surface area contributed by atoms with Crippen LogP contribution in [-0.4, -0.2) is 25.1 Å². The summed E-state index contributed by atoms with van der Waals surface area (Å²) in [5.41, 5.74) is 4.74. The van der Waals surface area contributed by atoms with Gasteiger partial charge in [-0.05, 0) is 48.9 Å². The Balaban J connectivity index is 1.92. The lowest BCUT2D eigenvalue weighted by Crippen LogP contribution is -2.03. The molecule has 0 atom stereocenters. The van der Waals surface area contributed by atoms with E-state index in [0.717, 1.165) is 39.0 Å². The molecule has 0 saturated carbocycles. The van der Waals surface area contributed by atoms with E-state index >= 15 is 0 Å². The number of ether oxygens (including phenoxy) is 2. The van der Waals surface area contributed by atoms with Gasteiger partial charge in [0.15, 0.2) is 0 Å². The van der Waals surface area contributed by atoms with Gasteiger partial charge in [0.25, 0.3) is 5.91 Å². The number of anilines is 1. The predicted octanol–water partition coefficient (Wildman–Crippen LogP) is 4.64. The Hall–Kier alpha value is -2.92. The van der Waals surface area contributed by atoms with Crippen molar-refractivity contribution in [3.63, 3.8) is 0 Å². The molecule has 0 fully saturated rings. The Bertz CT molecular complexity index is 1080. The Morgan fingerprint density at radius 2 is 1.92 bits per heavy atom. The number of carbonyl (C=O) groups excluding carboxylic acids is 1. The monoisotopic (exact) mass is 368 g/mol. The lowest BCUT2D eigenvalue weighted by Gasteiger charge is -2.05. The fraction of sp³-hybridized carbons (Fsp3) is 0.150. The molecule has 132 valence electrons. The number of hydrogen-bond acceptors (Lipinski definition) is 3. The van der Waals surface area contributed by atoms with Crippen molar-refractivity contribution in [1.29, 1.82) is 0 Å². The van der Waals surface area contributed by atoms with E-state index in [2.05, 4.69) is 10.3 Å². The minimum absolute atomic E-state index is 0.169. The number of hydrogen-bond donors (Lipinski definition) is 2. The van der Waals surface area contributed by atoms with E-state index in [1.807, 2.05) is 37.3 Å². The number of H-pyrrole nitrogens is 1. The number of halogens is 1. The summed E-state index contributed by atoms with van der Waals surface area (Å²) in [5, 5.41) is 4.24. The molecule has 0 saturated heterocycles. The molecule has 4 rings (SSSR count). The van der Waals surface area contributed by atoms with E-state index in [9.17, 15) is 4.79 Å². The van der Waals surface area contributed by atoms with Crippen molar-refractivity contribution < 1.29 is 14.3 Å². The molecule has 3 aromatic rings. The SMILES string of the molecule is COc1ccc2c(c1)/C(=C\c1c(Cl)[nH]c3cc(C)c(OC)cc13)C(=O)N2. The third kappa shape index (κ3) is 2.52. The Morgan fingerprint density at radius 1 is 1.12 bits per heavy atom. The molecule has 0 radical (unpaired) electrons. The van der Waals surface area contributed by atoms with Crippen molar-refractivity contribution >= 4 is 45.7 Å². The Kier molecular flexibility index (Phi) is 3.89. The van der Waals surface area contributed by atoms with Gasteiger partial charge in [-0.25, -0.2) is 0 Å². The van der Waals surface area contributed by atoms with Gasteiger partial charge in [-0.3, -0.25) is 4.79 Å². The molecule has 2 heterocycles. The lowest BCUT2D eigenvalue weighted by molar-refractivity contribution is -0.110. The van der Waals surface area contributed by atoms with Gasteiger partial charge in [-0.15, -0.1) is 0 Å². The summed E-state index contributed by atoms with van der Waals surface area (Å²) in [6.07, 6.45) is 1.80. The van der Waals surface area contributed by atoms with Gasteiger partial charge in [-0.2, -0.15) is 0 Å². The fourth-order valence-electron chi connectivity index (χ4n) is 3.26. The number of carbonyl (C=O) groups is 1. The van der Waals surface area contributed by atoms with Crippen LogP contribution in [0.2, 0.25) is 5.15 Å². The lowest BCUT2D eigenvalue weighted by atomic mass is 10.0. The van der Waals surface area contributed by atoms with Gasteiger partial charge in [0, 0.05) is 33.3 Å². The van der Waals surface area contributed by atoms with Crippen LogP contribution in [0.5, 0.6) is 11.5 Å². The molecular formula is C20H17ClN2O3. The molecular weight excluding hydrogens is 352 g/mol. The Morgan fingerprint density at radius 3 is 2.65 bits per heavy atom.